The fourth-order valence-corrected chi connectivity index (χ4v) is 5.47. The molecule has 1 aliphatic heterocycles. The molecular formula is C20H28N2O4S. The van der Waals surface area contributed by atoms with Gasteiger partial charge in [0.2, 0.25) is 5.91 Å². The fraction of sp³-hybridized carbons (Fsp3) is 0.600. The van der Waals surface area contributed by atoms with Crippen molar-refractivity contribution in [1.82, 2.24) is 9.88 Å². The van der Waals surface area contributed by atoms with E-state index in [2.05, 4.69) is 30.7 Å². The first-order valence-corrected chi connectivity index (χ1v) is 11.2. The molecule has 148 valence electrons. The van der Waals surface area contributed by atoms with Crippen LogP contribution in [0.2, 0.25) is 0 Å². The molecule has 0 saturated carbocycles. The van der Waals surface area contributed by atoms with E-state index in [1.807, 2.05) is 6.92 Å². The number of hydrogen-bond acceptors (Lipinski definition) is 4. The molecule has 0 saturated heterocycles. The highest BCUT2D eigenvalue weighted by molar-refractivity contribution is 7.94. The maximum Gasteiger partial charge on any atom is 0.225 e. The average Bonchev–Trinajstić information content (AvgIpc) is 2.98. The summed E-state index contributed by atoms with van der Waals surface area (Å²) in [5, 5.41) is 3.91. The summed E-state index contributed by atoms with van der Waals surface area (Å²) in [6, 6.07) is -0.494. The highest BCUT2D eigenvalue weighted by atomic mass is 32.2. The van der Waals surface area contributed by atoms with E-state index in [1.165, 1.54) is 6.08 Å². The number of ketones is 1. The van der Waals surface area contributed by atoms with E-state index in [4.69, 9.17) is 0 Å². The van der Waals surface area contributed by atoms with E-state index in [9.17, 15) is 18.0 Å². The molecule has 6 nitrogen and oxygen atoms in total. The zero-order chi connectivity index (χ0) is 20.0. The van der Waals surface area contributed by atoms with Gasteiger partial charge in [-0.05, 0) is 36.8 Å². The lowest BCUT2D eigenvalue weighted by Crippen LogP contribution is -2.37. The van der Waals surface area contributed by atoms with E-state index in [0.717, 1.165) is 41.7 Å². The number of nitrogens with one attached hydrogen (secondary N) is 1. The van der Waals surface area contributed by atoms with E-state index >= 15 is 0 Å². The van der Waals surface area contributed by atoms with Crippen LogP contribution in [0.1, 0.15) is 60.9 Å². The van der Waals surface area contributed by atoms with Gasteiger partial charge in [0, 0.05) is 35.3 Å². The third kappa shape index (κ3) is 4.03. The van der Waals surface area contributed by atoms with Gasteiger partial charge in [-0.3, -0.25) is 9.59 Å². The maximum atomic E-state index is 12.9. The summed E-state index contributed by atoms with van der Waals surface area (Å²) in [5.41, 5.74) is 3.44. The highest BCUT2D eigenvalue weighted by Crippen LogP contribution is 2.39. The summed E-state index contributed by atoms with van der Waals surface area (Å²) < 4.78 is 25.2. The van der Waals surface area contributed by atoms with Crippen molar-refractivity contribution in [3.8, 4) is 0 Å². The van der Waals surface area contributed by atoms with Crippen LogP contribution in [0.3, 0.4) is 0 Å². The van der Waals surface area contributed by atoms with E-state index in [1.54, 1.807) is 0 Å². The number of Topliss-reactive ketones (excluding diaryl/α,β-unsaturated/α-hetero) is 1. The van der Waals surface area contributed by atoms with Gasteiger partial charge in [-0.2, -0.15) is 0 Å². The van der Waals surface area contributed by atoms with Crippen LogP contribution in [0.4, 0.5) is 0 Å². The molecule has 1 atom stereocenters. The molecule has 27 heavy (non-hydrogen) atoms. The van der Waals surface area contributed by atoms with Crippen molar-refractivity contribution in [3.63, 3.8) is 0 Å². The normalized spacial score (nSPS) is 22.7. The lowest BCUT2D eigenvalue weighted by atomic mass is 9.75. The first-order chi connectivity index (χ1) is 12.5. The predicted molar refractivity (Wildman–Crippen MR) is 104 cm³/mol. The number of rotatable bonds is 5. The molecule has 0 radical (unpaired) electrons. The molecule has 2 heterocycles. The Labute approximate surface area is 160 Å². The Hall–Kier alpha value is -1.89. The van der Waals surface area contributed by atoms with Gasteiger partial charge in [0.15, 0.2) is 15.6 Å². The zero-order valence-electron chi connectivity index (χ0n) is 16.5. The summed E-state index contributed by atoms with van der Waals surface area (Å²) in [6.45, 7) is 9.10. The van der Waals surface area contributed by atoms with Gasteiger partial charge in [-0.15, -0.1) is 0 Å². The summed E-state index contributed by atoms with van der Waals surface area (Å²) in [6.07, 6.45) is 3.85. The van der Waals surface area contributed by atoms with Crippen molar-refractivity contribution in [1.29, 1.82) is 0 Å². The van der Waals surface area contributed by atoms with Gasteiger partial charge in [0.05, 0.1) is 18.2 Å². The van der Waals surface area contributed by atoms with Gasteiger partial charge in [-0.25, -0.2) is 8.42 Å². The van der Waals surface area contributed by atoms with Gasteiger partial charge >= 0.3 is 0 Å². The topological polar surface area (TPSA) is 85.2 Å². The first kappa shape index (κ1) is 19.9. The lowest BCUT2D eigenvalue weighted by molar-refractivity contribution is -0.120. The Bertz CT molecular complexity index is 922. The van der Waals surface area contributed by atoms with E-state index in [0.29, 0.717) is 12.0 Å². The van der Waals surface area contributed by atoms with Crippen LogP contribution < -0.4 is 5.32 Å². The van der Waals surface area contributed by atoms with Crippen LogP contribution in [0.15, 0.2) is 11.5 Å². The van der Waals surface area contributed by atoms with Crippen LogP contribution in [0.25, 0.3) is 0 Å². The largest absolute Gasteiger partial charge is 0.349 e. The second kappa shape index (κ2) is 6.93. The standard InChI is InChI=1S/C20H28N2O4S/c1-5-7-22-13(2)15(19-16(22)10-20(3,4)11-17(19)23)9-18(24)21-14-6-8-27(25,26)12-14/h6,8,14H,5,7,9-12H2,1-4H3,(H,21,24). The summed E-state index contributed by atoms with van der Waals surface area (Å²) in [4.78, 5) is 25.4. The maximum absolute atomic E-state index is 12.9. The molecule has 1 N–H and O–H groups in total. The van der Waals surface area contributed by atoms with Crippen molar-refractivity contribution in [2.45, 2.75) is 66.0 Å². The fourth-order valence-electron chi connectivity index (χ4n) is 4.23. The van der Waals surface area contributed by atoms with Gasteiger partial charge in [-0.1, -0.05) is 20.8 Å². The number of carbonyl (C=O) groups excluding carboxylic acids is 2. The van der Waals surface area contributed by atoms with E-state index in [-0.39, 0.29) is 29.3 Å². The molecule has 7 heteroatoms. The van der Waals surface area contributed by atoms with Crippen LogP contribution in [-0.2, 0) is 34.0 Å². The Kier molecular flexibility index (Phi) is 5.10. The number of nitrogens with zero attached hydrogens (tertiary/aromatic N) is 1. The van der Waals surface area contributed by atoms with Crippen molar-refractivity contribution in [2.75, 3.05) is 5.75 Å². The first-order valence-electron chi connectivity index (χ1n) is 9.47. The Morgan fingerprint density at radius 1 is 1.33 bits per heavy atom. The molecule has 1 unspecified atom stereocenters. The number of carbonyl (C=O) groups is 2. The van der Waals surface area contributed by atoms with Crippen LogP contribution in [-0.4, -0.2) is 36.5 Å². The van der Waals surface area contributed by atoms with E-state index < -0.39 is 15.9 Å². The molecule has 3 rings (SSSR count). The molecule has 0 aromatic carbocycles. The van der Waals surface area contributed by atoms with Crippen molar-refractivity contribution in [2.24, 2.45) is 5.41 Å². The van der Waals surface area contributed by atoms with Gasteiger partial charge in [0.25, 0.3) is 0 Å². The van der Waals surface area contributed by atoms with Crippen molar-refractivity contribution >= 4 is 21.5 Å². The molecule has 0 fully saturated rings. The lowest BCUT2D eigenvalue weighted by Gasteiger charge is -2.30. The molecule has 1 aromatic heterocycles. The quantitative estimate of drug-likeness (QED) is 0.833. The Morgan fingerprint density at radius 3 is 2.63 bits per heavy atom. The molecule has 2 aliphatic rings. The molecular weight excluding hydrogens is 364 g/mol. The van der Waals surface area contributed by atoms with Crippen LogP contribution >= 0.6 is 0 Å². The minimum Gasteiger partial charge on any atom is -0.349 e. The van der Waals surface area contributed by atoms with Gasteiger partial charge < -0.3 is 9.88 Å². The highest BCUT2D eigenvalue weighted by Gasteiger charge is 2.37. The minimum absolute atomic E-state index is 0.0805. The number of fused-ring (bicyclic) bond motifs is 1. The molecule has 1 aromatic rings. The number of sulfone groups is 1. The van der Waals surface area contributed by atoms with Crippen LogP contribution in [0.5, 0.6) is 0 Å². The second-order valence-corrected chi connectivity index (χ2v) is 10.4. The predicted octanol–water partition coefficient (Wildman–Crippen LogP) is 2.33. The van der Waals surface area contributed by atoms with Gasteiger partial charge in [0.1, 0.15) is 0 Å². The SMILES string of the molecule is CCCn1c(C)c(CC(=O)NC2C=CS(=O)(=O)C2)c2c1CC(C)(C)CC2=O. The molecule has 0 bridgehead atoms. The average molecular weight is 393 g/mol. The second-order valence-electron chi connectivity index (χ2n) is 8.49. The summed E-state index contributed by atoms with van der Waals surface area (Å²) in [5.74, 6) is -0.246. The van der Waals surface area contributed by atoms with Crippen molar-refractivity contribution in [3.05, 3.63) is 34.0 Å². The molecule has 1 aliphatic carbocycles. The van der Waals surface area contributed by atoms with Crippen LogP contribution in [0, 0.1) is 12.3 Å². The smallest absolute Gasteiger partial charge is 0.225 e. The Morgan fingerprint density at radius 2 is 2.04 bits per heavy atom. The number of amides is 1. The number of hydrogen-bond donors (Lipinski definition) is 1. The summed E-state index contributed by atoms with van der Waals surface area (Å²) in [7, 11) is -3.21. The minimum atomic E-state index is -3.21. The Balaban J connectivity index is 1.89. The molecule has 1 amide bonds. The zero-order valence-corrected chi connectivity index (χ0v) is 17.3. The number of aromatic nitrogens is 1. The van der Waals surface area contributed by atoms with Crippen molar-refractivity contribution < 1.29 is 18.0 Å². The third-order valence-corrected chi connectivity index (χ3v) is 6.78. The molecule has 0 spiro atoms. The third-order valence-electron chi connectivity index (χ3n) is 5.38. The summed E-state index contributed by atoms with van der Waals surface area (Å²) >= 11 is 0. The monoisotopic (exact) mass is 392 g/mol.